The number of carbonyl (C=O) groups is 1. The monoisotopic (exact) mass is 546 g/mol. The molecule has 2 N–H and O–H groups in total. The second-order valence-electron chi connectivity index (χ2n) is 10.3. The number of amides is 1. The molecule has 4 aromatic rings. The third-order valence-electron chi connectivity index (χ3n) is 7.76. The first-order valence-electron chi connectivity index (χ1n) is 12.9. The number of carbonyl (C=O) groups excluding carboxylic acids is 1. The summed E-state index contributed by atoms with van der Waals surface area (Å²) in [6.07, 6.45) is -0.903. The van der Waals surface area contributed by atoms with Crippen molar-refractivity contribution in [1.29, 1.82) is 0 Å². The Morgan fingerprint density at radius 2 is 1.82 bits per heavy atom. The zero-order valence-electron chi connectivity index (χ0n) is 21.3. The molecule has 1 saturated carbocycles. The number of nitrogens with zero attached hydrogens (tertiary/aromatic N) is 3. The Balaban J connectivity index is 1.24. The fourth-order valence-corrected chi connectivity index (χ4v) is 5.36. The number of aliphatic hydroxyl groups excluding tert-OH is 1. The highest BCUT2D eigenvalue weighted by Gasteiger charge is 2.49. The highest BCUT2D eigenvalue weighted by atomic mass is 19.4. The predicted molar refractivity (Wildman–Crippen MR) is 140 cm³/mol. The number of H-pyrrole nitrogens is 1. The van der Waals surface area contributed by atoms with Crippen LogP contribution in [0.15, 0.2) is 77.9 Å². The lowest BCUT2D eigenvalue weighted by atomic mass is 9.91. The van der Waals surface area contributed by atoms with Crippen molar-refractivity contribution in [2.45, 2.75) is 43.5 Å². The maximum atomic E-state index is 13.2. The van der Waals surface area contributed by atoms with E-state index in [9.17, 15) is 27.9 Å². The highest BCUT2D eigenvalue weighted by Crippen LogP contribution is 2.52. The molecule has 3 heterocycles. The van der Waals surface area contributed by atoms with E-state index >= 15 is 0 Å². The molecule has 1 fully saturated rings. The number of aliphatic hydroxyl groups is 1. The second-order valence-corrected chi connectivity index (χ2v) is 10.3. The zero-order chi connectivity index (χ0) is 28.1. The smallest absolute Gasteiger partial charge is 0.378 e. The van der Waals surface area contributed by atoms with Gasteiger partial charge in [0.1, 0.15) is 5.82 Å². The van der Waals surface area contributed by atoms with E-state index in [1.807, 2.05) is 30.3 Å². The van der Waals surface area contributed by atoms with Crippen LogP contribution in [-0.4, -0.2) is 37.4 Å². The minimum Gasteiger partial charge on any atom is -0.378 e. The fraction of sp³-hybridized carbons (Fsp3) is 0.267. The fourth-order valence-electron chi connectivity index (χ4n) is 5.36. The molecule has 1 atom stereocenters. The Kier molecular flexibility index (Phi) is 6.29. The van der Waals surface area contributed by atoms with Gasteiger partial charge in [-0.1, -0.05) is 42.5 Å². The van der Waals surface area contributed by atoms with Gasteiger partial charge in [0.2, 0.25) is 0 Å². The van der Waals surface area contributed by atoms with Gasteiger partial charge in [0.05, 0.1) is 28.8 Å². The van der Waals surface area contributed by atoms with Crippen LogP contribution in [0.4, 0.5) is 13.2 Å². The molecule has 204 valence electrons. The molecule has 0 unspecified atom stereocenters. The maximum Gasteiger partial charge on any atom is 0.416 e. The van der Waals surface area contributed by atoms with Gasteiger partial charge in [-0.3, -0.25) is 14.6 Å². The third-order valence-corrected chi connectivity index (χ3v) is 7.76. The molecule has 6 rings (SSSR count). The molecule has 0 radical (unpaired) electrons. The van der Waals surface area contributed by atoms with Gasteiger partial charge in [0.15, 0.2) is 6.10 Å². The molecule has 1 aliphatic carbocycles. The van der Waals surface area contributed by atoms with E-state index < -0.39 is 29.2 Å². The minimum atomic E-state index is -4.60. The number of aromatic nitrogens is 3. The van der Waals surface area contributed by atoms with Crippen molar-refractivity contribution in [2.24, 2.45) is 0 Å². The summed E-state index contributed by atoms with van der Waals surface area (Å²) in [5.74, 6) is -0.178. The van der Waals surface area contributed by atoms with E-state index in [1.54, 1.807) is 12.4 Å². The number of pyridine rings is 1. The largest absolute Gasteiger partial charge is 0.416 e. The van der Waals surface area contributed by atoms with Crippen LogP contribution in [0.3, 0.4) is 0 Å². The van der Waals surface area contributed by atoms with E-state index in [2.05, 4.69) is 16.0 Å². The molecule has 2 aromatic heterocycles. The summed E-state index contributed by atoms with van der Waals surface area (Å²) in [4.78, 5) is 39.5. The predicted octanol–water partition coefficient (Wildman–Crippen LogP) is 4.55. The summed E-state index contributed by atoms with van der Waals surface area (Å²) < 4.78 is 39.3. The van der Waals surface area contributed by atoms with Gasteiger partial charge < -0.3 is 15.0 Å². The Morgan fingerprint density at radius 3 is 2.55 bits per heavy atom. The van der Waals surface area contributed by atoms with Crippen molar-refractivity contribution in [3.05, 3.63) is 117 Å². The lowest BCUT2D eigenvalue weighted by Gasteiger charge is -2.30. The summed E-state index contributed by atoms with van der Waals surface area (Å²) in [7, 11) is 0. The van der Waals surface area contributed by atoms with Crippen LogP contribution in [-0.2, 0) is 29.4 Å². The van der Waals surface area contributed by atoms with Crippen LogP contribution in [0.25, 0.3) is 11.1 Å². The SMILES string of the molecule is O=C([C@H](O)c1cccc(C(F)(F)F)c1)N1CCc2nc(C3(c4cccc(-c5cccnc5)c4)CC3)[nH]c(=O)c2C1. The maximum absolute atomic E-state index is 13.2. The summed E-state index contributed by atoms with van der Waals surface area (Å²) in [5.41, 5.74) is 2.10. The van der Waals surface area contributed by atoms with Gasteiger partial charge >= 0.3 is 6.18 Å². The average Bonchev–Trinajstić information content (AvgIpc) is 3.79. The standard InChI is InChI=1S/C30H25F3N4O3/c31-30(32,33)22-8-2-5-19(15-22)25(38)27(40)37-13-9-24-23(17-37)26(39)36-28(35-24)29(10-11-29)21-7-1-4-18(14-21)20-6-3-12-34-16-20/h1-8,12,14-16,25,38H,9-11,13,17H2,(H,35,36,39)/t25-/m1/s1. The quantitative estimate of drug-likeness (QED) is 0.383. The van der Waals surface area contributed by atoms with Crippen LogP contribution < -0.4 is 5.56 Å². The number of halogens is 3. The normalized spacial score (nSPS) is 16.8. The molecule has 2 aliphatic rings. The summed E-state index contributed by atoms with van der Waals surface area (Å²) in [5, 5.41) is 10.6. The molecule has 2 aromatic carbocycles. The molecule has 40 heavy (non-hydrogen) atoms. The third kappa shape index (κ3) is 4.68. The first-order chi connectivity index (χ1) is 19.2. The van der Waals surface area contributed by atoms with Crippen LogP contribution in [0.5, 0.6) is 0 Å². The van der Waals surface area contributed by atoms with Crippen LogP contribution in [0.2, 0.25) is 0 Å². The van der Waals surface area contributed by atoms with Crippen LogP contribution >= 0.6 is 0 Å². The van der Waals surface area contributed by atoms with Crippen molar-refractivity contribution in [2.75, 3.05) is 6.54 Å². The summed E-state index contributed by atoms with van der Waals surface area (Å²) in [6.45, 7) is 0.0948. The van der Waals surface area contributed by atoms with Crippen LogP contribution in [0.1, 0.15) is 52.7 Å². The van der Waals surface area contributed by atoms with Crippen molar-refractivity contribution < 1.29 is 23.1 Å². The van der Waals surface area contributed by atoms with E-state index in [1.165, 1.54) is 11.0 Å². The lowest BCUT2D eigenvalue weighted by molar-refractivity contribution is -0.142. The lowest BCUT2D eigenvalue weighted by Crippen LogP contribution is -2.42. The van der Waals surface area contributed by atoms with Gasteiger partial charge in [0.25, 0.3) is 11.5 Å². The Bertz CT molecular complexity index is 1650. The van der Waals surface area contributed by atoms with Gasteiger partial charge in [-0.25, -0.2) is 4.98 Å². The average molecular weight is 547 g/mol. The molecule has 1 amide bonds. The first kappa shape index (κ1) is 25.9. The van der Waals surface area contributed by atoms with Gasteiger partial charge in [0, 0.05) is 25.4 Å². The van der Waals surface area contributed by atoms with Crippen molar-refractivity contribution in [3.63, 3.8) is 0 Å². The Morgan fingerprint density at radius 1 is 1.05 bits per heavy atom. The number of hydrogen-bond donors (Lipinski definition) is 2. The first-order valence-corrected chi connectivity index (χ1v) is 12.9. The molecule has 0 spiro atoms. The molecule has 10 heteroatoms. The van der Waals surface area contributed by atoms with E-state index in [4.69, 9.17) is 4.98 Å². The van der Waals surface area contributed by atoms with Gasteiger partial charge in [-0.15, -0.1) is 0 Å². The molecule has 0 saturated heterocycles. The number of alkyl halides is 3. The molecular formula is C30H25F3N4O3. The summed E-state index contributed by atoms with van der Waals surface area (Å²) in [6, 6.07) is 16.0. The van der Waals surface area contributed by atoms with E-state index in [0.717, 1.165) is 47.7 Å². The number of benzene rings is 2. The van der Waals surface area contributed by atoms with Crippen molar-refractivity contribution in [3.8, 4) is 11.1 Å². The van der Waals surface area contributed by atoms with E-state index in [0.29, 0.717) is 23.5 Å². The minimum absolute atomic E-state index is 0.0870. The number of aromatic amines is 1. The van der Waals surface area contributed by atoms with Crippen molar-refractivity contribution in [1.82, 2.24) is 19.9 Å². The van der Waals surface area contributed by atoms with Gasteiger partial charge in [-0.2, -0.15) is 13.2 Å². The van der Waals surface area contributed by atoms with Gasteiger partial charge in [-0.05, 0) is 53.3 Å². The zero-order valence-corrected chi connectivity index (χ0v) is 21.3. The van der Waals surface area contributed by atoms with Crippen molar-refractivity contribution >= 4 is 5.91 Å². The molecular weight excluding hydrogens is 521 g/mol. The Labute approximate surface area is 227 Å². The van der Waals surface area contributed by atoms with Crippen LogP contribution in [0, 0.1) is 0 Å². The number of hydrogen-bond acceptors (Lipinski definition) is 5. The molecule has 0 bridgehead atoms. The number of fused-ring (bicyclic) bond motifs is 1. The topological polar surface area (TPSA) is 99.2 Å². The second kappa shape index (κ2) is 9.71. The summed E-state index contributed by atoms with van der Waals surface area (Å²) >= 11 is 0. The Hall–Kier alpha value is -4.31. The number of rotatable bonds is 5. The molecule has 7 nitrogen and oxygen atoms in total. The number of nitrogens with one attached hydrogen (secondary N) is 1. The van der Waals surface area contributed by atoms with E-state index in [-0.39, 0.29) is 24.2 Å². The molecule has 1 aliphatic heterocycles. The highest BCUT2D eigenvalue weighted by molar-refractivity contribution is 5.82.